The van der Waals surface area contributed by atoms with E-state index < -0.39 is 11.9 Å². The van der Waals surface area contributed by atoms with Crippen molar-refractivity contribution in [2.24, 2.45) is 0 Å². The smallest absolute Gasteiger partial charge is 0.147 e. The van der Waals surface area contributed by atoms with Crippen molar-refractivity contribution < 1.29 is 9.50 Å². The average Bonchev–Trinajstić information content (AvgIpc) is 2.79. The van der Waals surface area contributed by atoms with E-state index in [1.54, 1.807) is 6.07 Å². The molecule has 0 radical (unpaired) electrons. The fraction of sp³-hybridized carbons (Fsp3) is 0.615. The number of nitrogens with zero attached hydrogens (tertiary/aromatic N) is 2. The third kappa shape index (κ3) is 2.07. The van der Waals surface area contributed by atoms with E-state index in [0.29, 0.717) is 5.56 Å². The van der Waals surface area contributed by atoms with Crippen LogP contribution in [-0.4, -0.2) is 34.6 Å². The van der Waals surface area contributed by atoms with Crippen molar-refractivity contribution in [3.05, 3.63) is 29.8 Å². The zero-order valence-corrected chi connectivity index (χ0v) is 10.4. The van der Waals surface area contributed by atoms with Gasteiger partial charge in [0.1, 0.15) is 11.9 Å². The Labute approximate surface area is 101 Å². The second kappa shape index (κ2) is 4.70. The molecule has 1 N–H and O–H groups in total. The highest BCUT2D eigenvalue weighted by Gasteiger charge is 2.43. The lowest BCUT2D eigenvalue weighted by Gasteiger charge is -2.40. The van der Waals surface area contributed by atoms with Crippen LogP contribution in [0.2, 0.25) is 0 Å². The van der Waals surface area contributed by atoms with Crippen LogP contribution in [0.15, 0.2) is 18.5 Å². The third-order valence-corrected chi connectivity index (χ3v) is 3.97. The first-order valence-electron chi connectivity index (χ1n) is 6.03. The van der Waals surface area contributed by atoms with E-state index in [1.807, 2.05) is 19.0 Å². The minimum atomic E-state index is -0.789. The molecule has 0 aliphatic heterocycles. The van der Waals surface area contributed by atoms with Crippen LogP contribution in [0, 0.1) is 5.82 Å². The van der Waals surface area contributed by atoms with Crippen LogP contribution in [0.4, 0.5) is 4.39 Å². The summed E-state index contributed by atoms with van der Waals surface area (Å²) in [7, 11) is 3.90. The topological polar surface area (TPSA) is 36.4 Å². The highest BCUT2D eigenvalue weighted by molar-refractivity contribution is 5.21. The Kier molecular flexibility index (Phi) is 3.45. The molecule has 1 aliphatic rings. The molecule has 2 rings (SSSR count). The Morgan fingerprint density at radius 3 is 2.59 bits per heavy atom. The van der Waals surface area contributed by atoms with Gasteiger partial charge in [0.05, 0.1) is 11.7 Å². The number of pyridine rings is 1. The standard InChI is InChI=1S/C13H19FN2O/c1-16(2)13(6-3-4-7-13)12(17)10-5-8-15-9-11(10)14/h5,8-9,12,17H,3-4,6-7H2,1-2H3. The molecule has 1 heterocycles. The first-order chi connectivity index (χ1) is 8.08. The van der Waals surface area contributed by atoms with E-state index in [4.69, 9.17) is 0 Å². The summed E-state index contributed by atoms with van der Waals surface area (Å²) < 4.78 is 13.7. The molecule has 1 atom stereocenters. The fourth-order valence-corrected chi connectivity index (χ4v) is 2.85. The average molecular weight is 238 g/mol. The molecule has 17 heavy (non-hydrogen) atoms. The highest BCUT2D eigenvalue weighted by atomic mass is 19.1. The predicted octanol–water partition coefficient (Wildman–Crippen LogP) is 2.13. The first-order valence-corrected chi connectivity index (χ1v) is 6.03. The van der Waals surface area contributed by atoms with Gasteiger partial charge in [0, 0.05) is 11.8 Å². The van der Waals surface area contributed by atoms with Crippen LogP contribution in [0.5, 0.6) is 0 Å². The number of aliphatic hydroxyl groups excluding tert-OH is 1. The van der Waals surface area contributed by atoms with E-state index in [1.165, 1.54) is 6.20 Å². The van der Waals surface area contributed by atoms with E-state index in [9.17, 15) is 9.50 Å². The molecular formula is C13H19FN2O. The van der Waals surface area contributed by atoms with Gasteiger partial charge < -0.3 is 10.0 Å². The summed E-state index contributed by atoms with van der Waals surface area (Å²) in [5.74, 6) is -0.423. The molecule has 94 valence electrons. The Morgan fingerprint density at radius 2 is 2.06 bits per heavy atom. The van der Waals surface area contributed by atoms with Crippen LogP contribution >= 0.6 is 0 Å². The molecule has 3 nitrogen and oxygen atoms in total. The Morgan fingerprint density at radius 1 is 1.41 bits per heavy atom. The van der Waals surface area contributed by atoms with Gasteiger partial charge in [0.15, 0.2) is 0 Å². The Bertz CT molecular complexity index is 389. The van der Waals surface area contributed by atoms with Crippen LogP contribution in [0.1, 0.15) is 37.4 Å². The van der Waals surface area contributed by atoms with Crippen LogP contribution in [0.3, 0.4) is 0 Å². The van der Waals surface area contributed by atoms with Crippen molar-refractivity contribution in [2.45, 2.75) is 37.3 Å². The number of hydrogen-bond acceptors (Lipinski definition) is 3. The summed E-state index contributed by atoms with van der Waals surface area (Å²) in [5.41, 5.74) is 0.0259. The van der Waals surface area contributed by atoms with Gasteiger partial charge in [-0.2, -0.15) is 0 Å². The van der Waals surface area contributed by atoms with Gasteiger partial charge in [0.25, 0.3) is 0 Å². The fourth-order valence-electron chi connectivity index (χ4n) is 2.85. The molecule has 1 aliphatic carbocycles. The first kappa shape index (κ1) is 12.5. The Balaban J connectivity index is 2.35. The molecule has 1 unspecified atom stereocenters. The van der Waals surface area contributed by atoms with Gasteiger partial charge in [-0.1, -0.05) is 12.8 Å². The zero-order valence-electron chi connectivity index (χ0n) is 10.4. The number of rotatable bonds is 3. The van der Waals surface area contributed by atoms with Crippen molar-refractivity contribution in [1.29, 1.82) is 0 Å². The number of likely N-dealkylation sites (N-methyl/N-ethyl adjacent to an activating group) is 1. The van der Waals surface area contributed by atoms with Crippen LogP contribution in [-0.2, 0) is 0 Å². The molecule has 0 aromatic carbocycles. The molecule has 1 fully saturated rings. The van der Waals surface area contributed by atoms with E-state index in [0.717, 1.165) is 31.9 Å². The van der Waals surface area contributed by atoms with Gasteiger partial charge in [-0.3, -0.25) is 4.98 Å². The number of halogens is 1. The number of hydrogen-bond donors (Lipinski definition) is 1. The quantitative estimate of drug-likeness (QED) is 0.876. The van der Waals surface area contributed by atoms with Crippen molar-refractivity contribution in [3.63, 3.8) is 0 Å². The Hall–Kier alpha value is -1.00. The summed E-state index contributed by atoms with van der Waals surface area (Å²) in [4.78, 5) is 5.75. The maximum Gasteiger partial charge on any atom is 0.147 e. The van der Waals surface area contributed by atoms with Gasteiger partial charge in [-0.25, -0.2) is 4.39 Å². The largest absolute Gasteiger partial charge is 0.386 e. The molecule has 1 aromatic heterocycles. The summed E-state index contributed by atoms with van der Waals surface area (Å²) in [6, 6.07) is 1.57. The molecule has 1 saturated carbocycles. The molecule has 0 saturated heterocycles. The normalized spacial score (nSPS) is 20.8. The number of aromatic nitrogens is 1. The van der Waals surface area contributed by atoms with Gasteiger partial charge >= 0.3 is 0 Å². The van der Waals surface area contributed by atoms with Crippen molar-refractivity contribution in [1.82, 2.24) is 9.88 Å². The monoisotopic (exact) mass is 238 g/mol. The van der Waals surface area contributed by atoms with Crippen molar-refractivity contribution >= 4 is 0 Å². The zero-order chi connectivity index (χ0) is 12.5. The second-order valence-corrected chi connectivity index (χ2v) is 5.00. The summed E-state index contributed by atoms with van der Waals surface area (Å²) in [5, 5.41) is 10.5. The van der Waals surface area contributed by atoms with Crippen LogP contribution in [0.25, 0.3) is 0 Å². The second-order valence-electron chi connectivity index (χ2n) is 5.00. The highest BCUT2D eigenvalue weighted by Crippen LogP contribution is 2.43. The van der Waals surface area contributed by atoms with E-state index >= 15 is 0 Å². The SMILES string of the molecule is CN(C)C1(C(O)c2ccncc2F)CCCC1. The van der Waals surface area contributed by atoms with Gasteiger partial charge in [-0.15, -0.1) is 0 Å². The molecule has 0 bridgehead atoms. The lowest BCUT2D eigenvalue weighted by atomic mass is 9.85. The van der Waals surface area contributed by atoms with Gasteiger partial charge in [0.2, 0.25) is 0 Å². The van der Waals surface area contributed by atoms with Crippen LogP contribution < -0.4 is 0 Å². The van der Waals surface area contributed by atoms with E-state index in [2.05, 4.69) is 4.98 Å². The summed E-state index contributed by atoms with van der Waals surface area (Å²) in [6.45, 7) is 0. The lowest BCUT2D eigenvalue weighted by Crippen LogP contribution is -2.47. The van der Waals surface area contributed by atoms with Crippen molar-refractivity contribution in [3.8, 4) is 0 Å². The molecule has 1 aromatic rings. The minimum Gasteiger partial charge on any atom is -0.386 e. The summed E-state index contributed by atoms with van der Waals surface area (Å²) >= 11 is 0. The maximum absolute atomic E-state index is 13.7. The molecule has 0 spiro atoms. The van der Waals surface area contributed by atoms with E-state index in [-0.39, 0.29) is 5.54 Å². The molecule has 4 heteroatoms. The summed E-state index contributed by atoms with van der Waals surface area (Å²) in [6.07, 6.45) is 5.88. The van der Waals surface area contributed by atoms with Crippen molar-refractivity contribution in [2.75, 3.05) is 14.1 Å². The lowest BCUT2D eigenvalue weighted by molar-refractivity contribution is -0.00679. The van der Waals surface area contributed by atoms with Gasteiger partial charge in [-0.05, 0) is 33.0 Å². The molecule has 0 amide bonds. The maximum atomic E-state index is 13.7. The third-order valence-electron chi connectivity index (χ3n) is 3.97. The minimum absolute atomic E-state index is 0.331. The predicted molar refractivity (Wildman–Crippen MR) is 64.0 cm³/mol. The molecular weight excluding hydrogens is 219 g/mol. The number of aliphatic hydroxyl groups is 1.